The lowest BCUT2D eigenvalue weighted by molar-refractivity contribution is -0.594. The quantitative estimate of drug-likeness (QED) is 0.540. The van der Waals surface area contributed by atoms with Crippen LogP contribution in [-0.2, 0) is 0 Å². The zero-order valence-corrected chi connectivity index (χ0v) is 12.5. The first-order valence-electron chi connectivity index (χ1n) is 7.54. The number of benzene rings is 2. The summed E-state index contributed by atoms with van der Waals surface area (Å²) in [6.07, 6.45) is 4.05. The van der Waals surface area contributed by atoms with E-state index in [-0.39, 0.29) is 0 Å². The van der Waals surface area contributed by atoms with E-state index in [0.717, 1.165) is 28.2 Å². The molecule has 0 aliphatic heterocycles. The molecule has 3 heteroatoms. The number of pyridine rings is 1. The minimum atomic E-state index is 0.889. The van der Waals surface area contributed by atoms with Gasteiger partial charge in [-0.3, -0.25) is 0 Å². The lowest BCUT2D eigenvalue weighted by atomic mass is 10.1. The molecule has 0 N–H and O–H groups in total. The first kappa shape index (κ1) is 13.5. The summed E-state index contributed by atoms with van der Waals surface area (Å²) in [7, 11) is 0. The number of rotatable bonds is 3. The molecule has 2 aromatic heterocycles. The Morgan fingerprint density at radius 1 is 0.652 bits per heavy atom. The predicted molar refractivity (Wildman–Crippen MR) is 90.0 cm³/mol. The van der Waals surface area contributed by atoms with Gasteiger partial charge in [-0.2, -0.15) is 4.57 Å². The molecule has 110 valence electrons. The Labute approximate surface area is 134 Å². The molecule has 0 saturated carbocycles. The molecule has 0 radical (unpaired) electrons. The molecule has 4 aromatic rings. The van der Waals surface area contributed by atoms with E-state index in [1.165, 1.54) is 0 Å². The molecule has 3 nitrogen and oxygen atoms in total. The Morgan fingerprint density at radius 2 is 1.22 bits per heavy atom. The van der Waals surface area contributed by atoms with Crippen molar-refractivity contribution in [3.05, 3.63) is 91.3 Å². The molecule has 0 atom stereocenters. The minimum absolute atomic E-state index is 0.889. The molecule has 0 fully saturated rings. The maximum absolute atomic E-state index is 4.47. The largest absolute Gasteiger partial charge is 0.569 e. The molecule has 2 aromatic carbocycles. The van der Waals surface area contributed by atoms with Crippen molar-refractivity contribution in [1.82, 2.24) is 10.2 Å². The normalized spacial score (nSPS) is 10.6. The summed E-state index contributed by atoms with van der Waals surface area (Å²) in [5.74, 6) is 0. The lowest BCUT2D eigenvalue weighted by Crippen LogP contribution is -2.30. The van der Waals surface area contributed by atoms with Crippen LogP contribution in [0, 0.1) is 0 Å². The fourth-order valence-corrected chi connectivity index (χ4v) is 2.68. The second kappa shape index (κ2) is 5.89. The standard InChI is InChI=1S/C20H15N3/c1-4-10-16(11-5-1)18-20(23-14-8-3-9-15-23)19(22-21-18)17-12-6-2-7-13-17/h1-15H. The van der Waals surface area contributed by atoms with Crippen LogP contribution in [0.5, 0.6) is 0 Å². The van der Waals surface area contributed by atoms with Crippen molar-refractivity contribution in [2.24, 2.45) is 0 Å². The average molecular weight is 297 g/mol. The molecule has 0 bridgehead atoms. The minimum Gasteiger partial charge on any atom is -0.569 e. The number of hydrogen-bond donors (Lipinski definition) is 0. The molecule has 0 aliphatic rings. The van der Waals surface area contributed by atoms with Crippen molar-refractivity contribution >= 4 is 0 Å². The van der Waals surface area contributed by atoms with Crippen LogP contribution in [-0.4, -0.2) is 5.10 Å². The van der Waals surface area contributed by atoms with Crippen LogP contribution in [0.2, 0.25) is 0 Å². The molecule has 23 heavy (non-hydrogen) atoms. The Hall–Kier alpha value is -3.20. The molecule has 4 rings (SSSR count). The summed E-state index contributed by atoms with van der Waals surface area (Å²) in [5, 5.41) is 8.94. The van der Waals surface area contributed by atoms with E-state index in [1.807, 2.05) is 67.0 Å². The van der Waals surface area contributed by atoms with Gasteiger partial charge in [0.1, 0.15) is 5.69 Å². The SMILES string of the molecule is c1ccc(-c2n[n-]c(-c3ccccc3)c2-[n+]2ccccc2)cc1. The molecule has 0 amide bonds. The van der Waals surface area contributed by atoms with Gasteiger partial charge in [0.15, 0.2) is 12.4 Å². The highest BCUT2D eigenvalue weighted by Gasteiger charge is 2.18. The number of nitrogens with zero attached hydrogens (tertiary/aromatic N) is 3. The highest BCUT2D eigenvalue weighted by Crippen LogP contribution is 2.29. The van der Waals surface area contributed by atoms with Crippen LogP contribution >= 0.6 is 0 Å². The Kier molecular flexibility index (Phi) is 3.45. The van der Waals surface area contributed by atoms with E-state index in [9.17, 15) is 0 Å². The summed E-state index contributed by atoms with van der Waals surface area (Å²) in [4.78, 5) is 0. The van der Waals surface area contributed by atoms with E-state index in [0.29, 0.717) is 0 Å². The predicted octanol–water partition coefficient (Wildman–Crippen LogP) is 3.65. The third kappa shape index (κ3) is 2.53. The summed E-state index contributed by atoms with van der Waals surface area (Å²) in [6.45, 7) is 0. The van der Waals surface area contributed by atoms with Gasteiger partial charge < -0.3 is 10.2 Å². The lowest BCUT2D eigenvalue weighted by Gasteiger charge is -2.07. The topological polar surface area (TPSA) is 30.9 Å². The second-order valence-corrected chi connectivity index (χ2v) is 5.26. The first-order valence-corrected chi connectivity index (χ1v) is 7.54. The van der Waals surface area contributed by atoms with Gasteiger partial charge in [-0.05, 0) is 11.3 Å². The Balaban J connectivity index is 1.97. The van der Waals surface area contributed by atoms with Crippen molar-refractivity contribution in [2.45, 2.75) is 0 Å². The summed E-state index contributed by atoms with van der Waals surface area (Å²) in [5.41, 5.74) is 4.91. The molecule has 0 unspecified atom stereocenters. The van der Waals surface area contributed by atoms with Gasteiger partial charge in [0, 0.05) is 17.7 Å². The molecular weight excluding hydrogens is 282 g/mol. The van der Waals surface area contributed by atoms with Gasteiger partial charge in [-0.25, -0.2) is 0 Å². The van der Waals surface area contributed by atoms with Gasteiger partial charge in [-0.1, -0.05) is 66.7 Å². The van der Waals surface area contributed by atoms with Gasteiger partial charge in [0.25, 0.3) is 0 Å². The van der Waals surface area contributed by atoms with Crippen LogP contribution < -0.4 is 9.67 Å². The van der Waals surface area contributed by atoms with E-state index >= 15 is 0 Å². The van der Waals surface area contributed by atoms with Crippen molar-refractivity contribution in [3.63, 3.8) is 0 Å². The van der Waals surface area contributed by atoms with Gasteiger partial charge in [-0.15, -0.1) is 0 Å². The average Bonchev–Trinajstić information content (AvgIpc) is 3.09. The van der Waals surface area contributed by atoms with Crippen molar-refractivity contribution < 1.29 is 4.57 Å². The van der Waals surface area contributed by atoms with Crippen molar-refractivity contribution in [2.75, 3.05) is 0 Å². The molecule has 2 heterocycles. The van der Waals surface area contributed by atoms with Gasteiger partial charge in [0.2, 0.25) is 5.69 Å². The number of hydrogen-bond acceptors (Lipinski definition) is 1. The first-order chi connectivity index (χ1) is 11.4. The third-order valence-corrected chi connectivity index (χ3v) is 3.77. The monoisotopic (exact) mass is 297 g/mol. The zero-order valence-electron chi connectivity index (χ0n) is 12.5. The summed E-state index contributed by atoms with van der Waals surface area (Å²) < 4.78 is 2.07. The van der Waals surface area contributed by atoms with Crippen LogP contribution in [0.25, 0.3) is 28.2 Å². The van der Waals surface area contributed by atoms with Crippen LogP contribution in [0.15, 0.2) is 91.3 Å². The van der Waals surface area contributed by atoms with E-state index < -0.39 is 0 Å². The summed E-state index contributed by atoms with van der Waals surface area (Å²) >= 11 is 0. The number of aromatic nitrogens is 3. The molecule has 0 saturated heterocycles. The second-order valence-electron chi connectivity index (χ2n) is 5.26. The van der Waals surface area contributed by atoms with Crippen molar-refractivity contribution in [1.29, 1.82) is 0 Å². The molecule has 0 spiro atoms. The van der Waals surface area contributed by atoms with E-state index in [1.54, 1.807) is 0 Å². The van der Waals surface area contributed by atoms with Gasteiger partial charge >= 0.3 is 0 Å². The van der Waals surface area contributed by atoms with E-state index in [2.05, 4.69) is 39.0 Å². The van der Waals surface area contributed by atoms with Crippen LogP contribution in [0.3, 0.4) is 0 Å². The Bertz CT molecular complexity index is 841. The maximum atomic E-state index is 4.47. The fourth-order valence-electron chi connectivity index (χ4n) is 2.68. The van der Waals surface area contributed by atoms with E-state index in [4.69, 9.17) is 0 Å². The van der Waals surface area contributed by atoms with Gasteiger partial charge in [0.05, 0.1) is 0 Å². The zero-order chi connectivity index (χ0) is 15.5. The summed E-state index contributed by atoms with van der Waals surface area (Å²) in [6, 6.07) is 26.4. The fraction of sp³-hybridized carbons (Fsp3) is 0. The highest BCUT2D eigenvalue weighted by molar-refractivity contribution is 5.78. The maximum Gasteiger partial charge on any atom is 0.222 e. The smallest absolute Gasteiger partial charge is 0.222 e. The van der Waals surface area contributed by atoms with Crippen molar-refractivity contribution in [3.8, 4) is 28.2 Å². The molecular formula is C20H15N3. The Morgan fingerprint density at radius 3 is 1.87 bits per heavy atom. The molecule has 0 aliphatic carbocycles. The van der Waals surface area contributed by atoms with Crippen LogP contribution in [0.4, 0.5) is 0 Å². The highest BCUT2D eigenvalue weighted by atomic mass is 15.2. The van der Waals surface area contributed by atoms with Crippen LogP contribution in [0.1, 0.15) is 0 Å². The third-order valence-electron chi connectivity index (χ3n) is 3.77.